The lowest BCUT2D eigenvalue weighted by atomic mass is 10.2. The van der Waals surface area contributed by atoms with Crippen LogP contribution < -0.4 is 0 Å². The summed E-state index contributed by atoms with van der Waals surface area (Å²) in [4.78, 5) is 26.4. The minimum atomic E-state index is -1.22. The fourth-order valence-corrected chi connectivity index (χ4v) is 2.18. The monoisotopic (exact) mass is 324 g/mol. The lowest BCUT2D eigenvalue weighted by molar-refractivity contribution is 0.0683. The second-order valence-electron chi connectivity index (χ2n) is 5.08. The number of hydrogen-bond donors (Lipinski definition) is 2. The van der Waals surface area contributed by atoms with E-state index in [9.17, 15) is 14.7 Å². The van der Waals surface area contributed by atoms with Crippen LogP contribution in [0.15, 0.2) is 52.8 Å². The maximum absolute atomic E-state index is 11.4. The molecule has 0 amide bonds. The predicted molar refractivity (Wildman–Crippen MR) is 84.5 cm³/mol. The summed E-state index contributed by atoms with van der Waals surface area (Å²) < 4.78 is 1.53. The summed E-state index contributed by atoms with van der Waals surface area (Å²) in [5.74, 6) is -2.23. The zero-order valence-electron chi connectivity index (χ0n) is 12.5. The lowest BCUT2D eigenvalue weighted by Gasteiger charge is -1.99. The molecule has 0 aliphatic heterocycles. The van der Waals surface area contributed by atoms with E-state index in [0.717, 1.165) is 5.56 Å². The van der Waals surface area contributed by atoms with E-state index in [-0.39, 0.29) is 17.1 Å². The summed E-state index contributed by atoms with van der Waals surface area (Å²) in [5, 5.41) is 26.2. The van der Waals surface area contributed by atoms with Crippen LogP contribution in [-0.4, -0.2) is 31.5 Å². The number of nitrogens with zero attached hydrogens (tertiary/aromatic N) is 4. The summed E-state index contributed by atoms with van der Waals surface area (Å²) in [6.07, 6.45) is 1.71. The summed E-state index contributed by atoms with van der Waals surface area (Å²) in [5.41, 5.74) is 1.49. The van der Waals surface area contributed by atoms with Crippen molar-refractivity contribution in [2.24, 2.45) is 10.2 Å². The number of benzene rings is 1. The van der Waals surface area contributed by atoms with Crippen molar-refractivity contribution in [2.45, 2.75) is 6.92 Å². The number of aromatic nitrogens is 2. The molecule has 2 N–H and O–H groups in total. The molecule has 0 unspecified atom stereocenters. The topological polar surface area (TPSA) is 117 Å². The number of aromatic carboxylic acids is 2. The molecule has 1 aromatic carbocycles. The van der Waals surface area contributed by atoms with Crippen molar-refractivity contribution >= 4 is 29.1 Å². The number of pyridine rings is 1. The van der Waals surface area contributed by atoms with Crippen LogP contribution in [0, 0.1) is 6.92 Å². The number of azo groups is 1. The maximum atomic E-state index is 11.4. The van der Waals surface area contributed by atoms with Crippen molar-refractivity contribution in [3.8, 4) is 0 Å². The van der Waals surface area contributed by atoms with Crippen LogP contribution in [0.5, 0.6) is 0 Å². The van der Waals surface area contributed by atoms with Gasteiger partial charge in [0.05, 0.1) is 11.3 Å². The van der Waals surface area contributed by atoms with Gasteiger partial charge in [0.1, 0.15) is 5.65 Å². The molecule has 0 saturated heterocycles. The second kappa shape index (κ2) is 5.92. The molecular formula is C16H12N4O4. The van der Waals surface area contributed by atoms with Crippen molar-refractivity contribution in [1.29, 1.82) is 0 Å². The van der Waals surface area contributed by atoms with Gasteiger partial charge in [0.25, 0.3) is 0 Å². The summed E-state index contributed by atoms with van der Waals surface area (Å²) in [7, 11) is 0. The van der Waals surface area contributed by atoms with Crippen LogP contribution >= 0.6 is 0 Å². The maximum Gasteiger partial charge on any atom is 0.358 e. The first-order valence-corrected chi connectivity index (χ1v) is 6.93. The Morgan fingerprint density at radius 1 is 1.08 bits per heavy atom. The van der Waals surface area contributed by atoms with Crippen molar-refractivity contribution in [3.63, 3.8) is 0 Å². The molecule has 0 bridgehead atoms. The van der Waals surface area contributed by atoms with Gasteiger partial charge in [-0.05, 0) is 36.8 Å². The van der Waals surface area contributed by atoms with Crippen molar-refractivity contribution in [3.05, 3.63) is 59.4 Å². The number of rotatable bonds is 4. The van der Waals surface area contributed by atoms with Crippen LogP contribution in [0.2, 0.25) is 0 Å². The van der Waals surface area contributed by atoms with Crippen LogP contribution in [0.3, 0.4) is 0 Å². The van der Waals surface area contributed by atoms with E-state index in [4.69, 9.17) is 5.11 Å². The summed E-state index contributed by atoms with van der Waals surface area (Å²) >= 11 is 0. The fourth-order valence-electron chi connectivity index (χ4n) is 2.18. The van der Waals surface area contributed by atoms with Crippen molar-refractivity contribution in [2.75, 3.05) is 0 Å². The number of imidazole rings is 1. The molecule has 3 rings (SSSR count). The highest BCUT2D eigenvalue weighted by Crippen LogP contribution is 2.25. The molecule has 0 spiro atoms. The third-order valence-corrected chi connectivity index (χ3v) is 3.30. The van der Waals surface area contributed by atoms with Gasteiger partial charge in [-0.2, -0.15) is 0 Å². The third kappa shape index (κ3) is 2.84. The normalized spacial score (nSPS) is 11.2. The predicted octanol–water partition coefficient (Wildman–Crippen LogP) is 3.45. The second-order valence-corrected chi connectivity index (χ2v) is 5.08. The molecular weight excluding hydrogens is 312 g/mol. The highest BCUT2D eigenvalue weighted by Gasteiger charge is 2.18. The quantitative estimate of drug-likeness (QED) is 0.713. The molecule has 0 radical (unpaired) electrons. The zero-order valence-corrected chi connectivity index (χ0v) is 12.5. The van der Waals surface area contributed by atoms with Gasteiger partial charge in [-0.1, -0.05) is 12.1 Å². The average Bonchev–Trinajstić information content (AvgIpc) is 2.91. The third-order valence-electron chi connectivity index (χ3n) is 3.30. The Hall–Kier alpha value is -3.55. The molecule has 2 aromatic heterocycles. The molecule has 8 heteroatoms. The Bertz CT molecular complexity index is 991. The average molecular weight is 324 g/mol. The van der Waals surface area contributed by atoms with Crippen molar-refractivity contribution < 1.29 is 19.8 Å². The number of carboxylic acid groups (broad SMARTS) is 2. The number of aryl methyl sites for hydroxylation is 1. The van der Waals surface area contributed by atoms with Gasteiger partial charge in [0.15, 0.2) is 11.5 Å². The van der Waals surface area contributed by atoms with E-state index in [0.29, 0.717) is 11.3 Å². The van der Waals surface area contributed by atoms with Gasteiger partial charge < -0.3 is 10.2 Å². The zero-order chi connectivity index (χ0) is 17.3. The number of hydrogen-bond acceptors (Lipinski definition) is 5. The summed E-state index contributed by atoms with van der Waals surface area (Å²) in [6.45, 7) is 1.86. The largest absolute Gasteiger partial charge is 0.478 e. The lowest BCUT2D eigenvalue weighted by Crippen LogP contribution is -1.96. The Morgan fingerprint density at radius 2 is 1.88 bits per heavy atom. The molecule has 3 aromatic rings. The Labute approximate surface area is 135 Å². The molecule has 24 heavy (non-hydrogen) atoms. The van der Waals surface area contributed by atoms with E-state index < -0.39 is 11.9 Å². The van der Waals surface area contributed by atoms with Gasteiger partial charge in [-0.25, -0.2) is 14.6 Å². The molecule has 0 atom stereocenters. The molecule has 0 aliphatic rings. The fraction of sp³-hybridized carbons (Fsp3) is 0.0625. The number of carbonyl (C=O) groups is 2. The van der Waals surface area contributed by atoms with Crippen LogP contribution in [-0.2, 0) is 0 Å². The van der Waals surface area contributed by atoms with E-state index in [1.165, 1.54) is 22.6 Å². The van der Waals surface area contributed by atoms with E-state index in [1.807, 2.05) is 13.0 Å². The van der Waals surface area contributed by atoms with Gasteiger partial charge >= 0.3 is 11.9 Å². The molecule has 8 nitrogen and oxygen atoms in total. The highest BCUT2D eigenvalue weighted by atomic mass is 16.4. The van der Waals surface area contributed by atoms with Gasteiger partial charge in [-0.15, -0.1) is 10.2 Å². The molecule has 2 heterocycles. The first-order chi connectivity index (χ1) is 11.5. The van der Waals surface area contributed by atoms with Gasteiger partial charge in [0.2, 0.25) is 0 Å². The molecule has 0 fully saturated rings. The Balaban J connectivity index is 2.10. The number of fused-ring (bicyclic) bond motifs is 1. The number of carboxylic acids is 2. The van der Waals surface area contributed by atoms with Crippen LogP contribution in [0.1, 0.15) is 26.4 Å². The van der Waals surface area contributed by atoms with E-state index in [1.54, 1.807) is 18.3 Å². The Kier molecular flexibility index (Phi) is 3.78. The highest BCUT2D eigenvalue weighted by molar-refractivity contribution is 5.92. The SMILES string of the molecule is Cc1ccc2nc(C(=O)O)c(N=Nc3cccc(C(=O)O)c3)n2c1. The Morgan fingerprint density at radius 3 is 2.58 bits per heavy atom. The first-order valence-electron chi connectivity index (χ1n) is 6.93. The molecule has 120 valence electrons. The van der Waals surface area contributed by atoms with Crippen LogP contribution in [0.4, 0.5) is 11.5 Å². The van der Waals surface area contributed by atoms with Crippen molar-refractivity contribution in [1.82, 2.24) is 9.38 Å². The van der Waals surface area contributed by atoms with E-state index in [2.05, 4.69) is 15.2 Å². The van der Waals surface area contributed by atoms with Crippen LogP contribution in [0.25, 0.3) is 5.65 Å². The minimum Gasteiger partial charge on any atom is -0.478 e. The molecule has 0 aliphatic carbocycles. The van der Waals surface area contributed by atoms with Gasteiger partial charge in [0, 0.05) is 6.20 Å². The van der Waals surface area contributed by atoms with Gasteiger partial charge in [-0.3, -0.25) is 4.40 Å². The summed E-state index contributed by atoms with van der Waals surface area (Å²) in [6, 6.07) is 9.39. The first kappa shape index (κ1) is 15.3. The smallest absolute Gasteiger partial charge is 0.358 e. The minimum absolute atomic E-state index is 0.0684. The van der Waals surface area contributed by atoms with E-state index >= 15 is 0 Å². The molecule has 0 saturated carbocycles. The standard InChI is InChI=1S/C16H12N4O4/c1-9-5-6-12-17-13(16(23)24)14(20(12)8-9)19-18-11-4-2-3-10(7-11)15(21)22/h2-8H,1H3,(H,21,22)(H,23,24).